The van der Waals surface area contributed by atoms with E-state index in [9.17, 15) is 0 Å². The molecule has 1 fully saturated rings. The molecule has 0 spiro atoms. The van der Waals surface area contributed by atoms with Crippen LogP contribution in [0.3, 0.4) is 0 Å². The molecule has 1 atom stereocenters. The van der Waals surface area contributed by atoms with Crippen molar-refractivity contribution in [2.24, 2.45) is 5.92 Å². The normalized spacial score (nSPS) is 20.8. The summed E-state index contributed by atoms with van der Waals surface area (Å²) in [5, 5.41) is 3.52. The van der Waals surface area contributed by atoms with Gasteiger partial charge in [-0.1, -0.05) is 13.8 Å². The van der Waals surface area contributed by atoms with E-state index in [1.54, 1.807) is 0 Å². The summed E-state index contributed by atoms with van der Waals surface area (Å²) in [6.45, 7) is 11.8. The van der Waals surface area contributed by atoms with Crippen LogP contribution in [-0.2, 0) is 0 Å². The minimum absolute atomic E-state index is 0.755. The van der Waals surface area contributed by atoms with Crippen molar-refractivity contribution >= 4 is 11.8 Å². The van der Waals surface area contributed by atoms with Gasteiger partial charge in [0.05, 0.1) is 0 Å². The average Bonchev–Trinajstić information content (AvgIpc) is 2.25. The highest BCUT2D eigenvalue weighted by molar-refractivity contribution is 7.99. The van der Waals surface area contributed by atoms with E-state index >= 15 is 0 Å². The zero-order valence-corrected chi connectivity index (χ0v) is 11.3. The standard InChI is InChI=1S/C12H26N2S/c1-11(2)10-13-5-4-12(3)14-6-8-15-9-7-14/h11-13H,4-10H2,1-3H3. The van der Waals surface area contributed by atoms with Crippen LogP contribution in [0.25, 0.3) is 0 Å². The van der Waals surface area contributed by atoms with Crippen molar-refractivity contribution in [1.82, 2.24) is 10.2 Å². The lowest BCUT2D eigenvalue weighted by Crippen LogP contribution is -2.41. The lowest BCUT2D eigenvalue weighted by atomic mass is 10.2. The van der Waals surface area contributed by atoms with Gasteiger partial charge >= 0.3 is 0 Å². The molecule has 1 aliphatic rings. The fraction of sp³-hybridized carbons (Fsp3) is 1.00. The molecule has 0 saturated carbocycles. The molecule has 15 heavy (non-hydrogen) atoms. The summed E-state index contributed by atoms with van der Waals surface area (Å²) in [5.74, 6) is 3.42. The second-order valence-electron chi connectivity index (χ2n) is 4.88. The van der Waals surface area contributed by atoms with Gasteiger partial charge < -0.3 is 5.32 Å². The van der Waals surface area contributed by atoms with E-state index in [-0.39, 0.29) is 0 Å². The van der Waals surface area contributed by atoms with E-state index in [1.165, 1.54) is 37.6 Å². The third kappa shape index (κ3) is 5.79. The number of rotatable bonds is 6. The third-order valence-electron chi connectivity index (χ3n) is 2.96. The Kier molecular flexibility index (Phi) is 6.69. The molecule has 0 aromatic carbocycles. The van der Waals surface area contributed by atoms with Crippen molar-refractivity contribution in [3.63, 3.8) is 0 Å². The van der Waals surface area contributed by atoms with E-state index in [0.29, 0.717) is 0 Å². The summed E-state index contributed by atoms with van der Waals surface area (Å²) in [6.07, 6.45) is 1.29. The van der Waals surface area contributed by atoms with E-state index in [0.717, 1.165) is 18.5 Å². The molecule has 1 rings (SSSR count). The first-order valence-electron chi connectivity index (χ1n) is 6.22. The Labute approximate surface area is 99.2 Å². The summed E-state index contributed by atoms with van der Waals surface area (Å²) >= 11 is 2.09. The maximum Gasteiger partial charge on any atom is 0.00796 e. The fourth-order valence-electron chi connectivity index (χ4n) is 1.90. The molecule has 0 radical (unpaired) electrons. The molecule has 0 aromatic rings. The highest BCUT2D eigenvalue weighted by atomic mass is 32.2. The molecule has 3 heteroatoms. The van der Waals surface area contributed by atoms with Crippen LogP contribution in [0.15, 0.2) is 0 Å². The van der Waals surface area contributed by atoms with E-state index in [4.69, 9.17) is 0 Å². The third-order valence-corrected chi connectivity index (χ3v) is 3.90. The predicted octanol–water partition coefficient (Wildman–Crippen LogP) is 2.06. The Morgan fingerprint density at radius 3 is 2.47 bits per heavy atom. The van der Waals surface area contributed by atoms with E-state index in [2.05, 4.69) is 42.7 Å². The molecular formula is C12H26N2S. The van der Waals surface area contributed by atoms with Crippen molar-refractivity contribution in [1.29, 1.82) is 0 Å². The van der Waals surface area contributed by atoms with Gasteiger partial charge in [-0.2, -0.15) is 11.8 Å². The van der Waals surface area contributed by atoms with Gasteiger partial charge in [-0.3, -0.25) is 4.90 Å². The summed E-state index contributed by atoms with van der Waals surface area (Å²) in [6, 6.07) is 0.755. The van der Waals surface area contributed by atoms with Gasteiger partial charge in [-0.15, -0.1) is 0 Å². The molecule has 0 aromatic heterocycles. The first-order chi connectivity index (χ1) is 7.20. The summed E-state index contributed by atoms with van der Waals surface area (Å²) < 4.78 is 0. The maximum atomic E-state index is 3.52. The Hall–Kier alpha value is 0.270. The van der Waals surface area contributed by atoms with Crippen LogP contribution in [-0.4, -0.2) is 48.6 Å². The Morgan fingerprint density at radius 2 is 1.87 bits per heavy atom. The quantitative estimate of drug-likeness (QED) is 0.703. The van der Waals surface area contributed by atoms with Crippen LogP contribution in [0.5, 0.6) is 0 Å². The van der Waals surface area contributed by atoms with Gasteiger partial charge in [-0.25, -0.2) is 0 Å². The highest BCUT2D eigenvalue weighted by Gasteiger charge is 2.15. The van der Waals surface area contributed by atoms with Gasteiger partial charge in [0, 0.05) is 30.6 Å². The maximum absolute atomic E-state index is 3.52. The zero-order valence-electron chi connectivity index (χ0n) is 10.5. The Morgan fingerprint density at radius 1 is 1.20 bits per heavy atom. The van der Waals surface area contributed by atoms with Crippen molar-refractivity contribution in [2.75, 3.05) is 37.7 Å². The van der Waals surface area contributed by atoms with Crippen molar-refractivity contribution in [3.05, 3.63) is 0 Å². The number of hydrogen-bond donors (Lipinski definition) is 1. The van der Waals surface area contributed by atoms with E-state index in [1.807, 2.05) is 0 Å². The number of nitrogens with zero attached hydrogens (tertiary/aromatic N) is 1. The van der Waals surface area contributed by atoms with Crippen molar-refractivity contribution in [3.8, 4) is 0 Å². The molecule has 0 bridgehead atoms. The average molecular weight is 230 g/mol. The van der Waals surface area contributed by atoms with Gasteiger partial charge in [0.25, 0.3) is 0 Å². The lowest BCUT2D eigenvalue weighted by Gasteiger charge is -2.32. The molecule has 1 unspecified atom stereocenters. The minimum Gasteiger partial charge on any atom is -0.316 e. The van der Waals surface area contributed by atoms with Gasteiger partial charge in [0.1, 0.15) is 0 Å². The summed E-state index contributed by atoms with van der Waals surface area (Å²) in [7, 11) is 0. The predicted molar refractivity (Wildman–Crippen MR) is 70.7 cm³/mol. The first-order valence-corrected chi connectivity index (χ1v) is 7.38. The van der Waals surface area contributed by atoms with Crippen LogP contribution < -0.4 is 5.32 Å². The SMILES string of the molecule is CC(C)CNCCC(C)N1CCSCC1. The van der Waals surface area contributed by atoms with Crippen LogP contribution in [0.1, 0.15) is 27.2 Å². The van der Waals surface area contributed by atoms with E-state index < -0.39 is 0 Å². The minimum atomic E-state index is 0.755. The molecule has 1 heterocycles. The molecule has 90 valence electrons. The number of thioether (sulfide) groups is 1. The molecule has 1 aliphatic heterocycles. The summed E-state index contributed by atoms with van der Waals surface area (Å²) in [5.41, 5.74) is 0. The highest BCUT2D eigenvalue weighted by Crippen LogP contribution is 2.13. The molecule has 1 N–H and O–H groups in total. The van der Waals surface area contributed by atoms with Crippen molar-refractivity contribution < 1.29 is 0 Å². The molecule has 0 amide bonds. The summed E-state index contributed by atoms with van der Waals surface area (Å²) in [4.78, 5) is 2.63. The van der Waals surface area contributed by atoms with Gasteiger partial charge in [0.2, 0.25) is 0 Å². The second kappa shape index (κ2) is 7.53. The van der Waals surface area contributed by atoms with Crippen LogP contribution in [0, 0.1) is 5.92 Å². The van der Waals surface area contributed by atoms with Gasteiger partial charge in [0.15, 0.2) is 0 Å². The Bertz CT molecular complexity index is 156. The first kappa shape index (κ1) is 13.3. The van der Waals surface area contributed by atoms with Crippen molar-refractivity contribution in [2.45, 2.75) is 33.2 Å². The Balaban J connectivity index is 2.04. The smallest absolute Gasteiger partial charge is 0.00796 e. The van der Waals surface area contributed by atoms with Crippen LogP contribution in [0.4, 0.5) is 0 Å². The van der Waals surface area contributed by atoms with Crippen LogP contribution >= 0.6 is 11.8 Å². The topological polar surface area (TPSA) is 15.3 Å². The molecular weight excluding hydrogens is 204 g/mol. The second-order valence-corrected chi connectivity index (χ2v) is 6.11. The largest absolute Gasteiger partial charge is 0.316 e. The molecule has 2 nitrogen and oxygen atoms in total. The number of hydrogen-bond acceptors (Lipinski definition) is 3. The lowest BCUT2D eigenvalue weighted by molar-refractivity contribution is 0.218. The molecule has 0 aliphatic carbocycles. The fourth-order valence-corrected chi connectivity index (χ4v) is 2.83. The molecule has 1 saturated heterocycles. The van der Waals surface area contributed by atoms with Crippen LogP contribution in [0.2, 0.25) is 0 Å². The van der Waals surface area contributed by atoms with Gasteiger partial charge in [-0.05, 0) is 32.4 Å². The monoisotopic (exact) mass is 230 g/mol. The zero-order chi connectivity index (χ0) is 11.1. The number of nitrogens with one attached hydrogen (secondary N) is 1.